The van der Waals surface area contributed by atoms with Crippen LogP contribution in [-0.4, -0.2) is 35.6 Å². The molecule has 1 aromatic carbocycles. The Labute approximate surface area is 177 Å². The average molecular weight is 426 g/mol. The van der Waals surface area contributed by atoms with Crippen LogP contribution in [0.25, 0.3) is 21.5 Å². The fourth-order valence-corrected chi connectivity index (χ4v) is 4.34. The number of rotatable bonds is 8. The van der Waals surface area contributed by atoms with Gasteiger partial charge in [0.05, 0.1) is 31.9 Å². The number of H-pyrrole nitrogens is 1. The Kier molecular flexibility index (Phi) is 5.87. The Bertz CT molecular complexity index is 1200. The Morgan fingerprint density at radius 3 is 2.83 bits per heavy atom. The van der Waals surface area contributed by atoms with Crippen LogP contribution in [0.3, 0.4) is 0 Å². The fraction of sp³-hybridized carbons (Fsp3) is 0.273. The first-order valence-electron chi connectivity index (χ1n) is 9.61. The SMILES string of the molecule is CCOc1ccc(CN(C)Cc2nc3scc(-c4ccco4)c3c(=O)[nH]2)cc1OC. The number of fused-ring (bicyclic) bond motifs is 1. The van der Waals surface area contributed by atoms with Crippen LogP contribution >= 0.6 is 11.3 Å². The second-order valence-electron chi connectivity index (χ2n) is 6.91. The first kappa shape index (κ1) is 20.2. The van der Waals surface area contributed by atoms with Crippen molar-refractivity contribution in [1.82, 2.24) is 14.9 Å². The first-order chi connectivity index (χ1) is 14.6. The van der Waals surface area contributed by atoms with Crippen LogP contribution in [0.15, 0.2) is 51.2 Å². The van der Waals surface area contributed by atoms with Crippen molar-refractivity contribution in [2.45, 2.75) is 20.0 Å². The second-order valence-corrected chi connectivity index (χ2v) is 7.77. The number of ether oxygens (including phenoxy) is 2. The topological polar surface area (TPSA) is 80.6 Å². The van der Waals surface area contributed by atoms with Gasteiger partial charge in [-0.25, -0.2) is 4.98 Å². The van der Waals surface area contributed by atoms with Crippen LogP contribution in [0, 0.1) is 0 Å². The van der Waals surface area contributed by atoms with Crippen molar-refractivity contribution in [3.63, 3.8) is 0 Å². The van der Waals surface area contributed by atoms with Crippen molar-refractivity contribution in [3.8, 4) is 22.8 Å². The molecule has 4 aromatic rings. The number of nitrogens with one attached hydrogen (secondary N) is 1. The molecule has 0 atom stereocenters. The minimum atomic E-state index is -0.154. The van der Waals surface area contributed by atoms with Crippen molar-refractivity contribution in [3.05, 3.63) is 63.7 Å². The number of nitrogens with zero attached hydrogens (tertiary/aromatic N) is 2. The van der Waals surface area contributed by atoms with Gasteiger partial charge in [0.2, 0.25) is 0 Å². The summed E-state index contributed by atoms with van der Waals surface area (Å²) >= 11 is 1.44. The molecule has 0 amide bonds. The van der Waals surface area contributed by atoms with E-state index in [1.165, 1.54) is 11.3 Å². The number of methoxy groups -OCH3 is 1. The lowest BCUT2D eigenvalue weighted by Gasteiger charge is -2.17. The summed E-state index contributed by atoms with van der Waals surface area (Å²) in [4.78, 5) is 23.1. The number of thiophene rings is 1. The van der Waals surface area contributed by atoms with Gasteiger partial charge in [-0.2, -0.15) is 0 Å². The molecule has 4 rings (SSSR count). The molecular formula is C22H23N3O4S. The number of aromatic nitrogens is 2. The predicted molar refractivity (Wildman–Crippen MR) is 117 cm³/mol. The molecule has 0 spiro atoms. The van der Waals surface area contributed by atoms with Crippen molar-refractivity contribution in [2.75, 3.05) is 20.8 Å². The summed E-state index contributed by atoms with van der Waals surface area (Å²) in [6.45, 7) is 3.71. The van der Waals surface area contributed by atoms with E-state index in [0.717, 1.165) is 16.9 Å². The van der Waals surface area contributed by atoms with E-state index in [1.807, 2.05) is 43.6 Å². The number of furan rings is 1. The first-order valence-corrected chi connectivity index (χ1v) is 10.5. The highest BCUT2D eigenvalue weighted by Crippen LogP contribution is 2.31. The highest BCUT2D eigenvalue weighted by Gasteiger charge is 2.15. The molecule has 0 aliphatic carbocycles. The van der Waals surface area contributed by atoms with Crippen molar-refractivity contribution in [1.29, 1.82) is 0 Å². The van der Waals surface area contributed by atoms with Gasteiger partial charge >= 0.3 is 0 Å². The van der Waals surface area contributed by atoms with E-state index in [9.17, 15) is 4.79 Å². The maximum Gasteiger partial charge on any atom is 0.260 e. The third kappa shape index (κ3) is 4.10. The minimum absolute atomic E-state index is 0.154. The molecule has 0 saturated heterocycles. The van der Waals surface area contributed by atoms with Gasteiger partial charge in [-0.05, 0) is 43.8 Å². The maximum absolute atomic E-state index is 12.7. The summed E-state index contributed by atoms with van der Waals surface area (Å²) in [7, 11) is 3.61. The van der Waals surface area contributed by atoms with Crippen LogP contribution in [0.4, 0.5) is 0 Å². The summed E-state index contributed by atoms with van der Waals surface area (Å²) in [5.41, 5.74) is 1.70. The lowest BCUT2D eigenvalue weighted by molar-refractivity contribution is 0.302. The van der Waals surface area contributed by atoms with E-state index in [2.05, 4.69) is 14.9 Å². The summed E-state index contributed by atoms with van der Waals surface area (Å²) in [6, 6.07) is 9.54. The van der Waals surface area contributed by atoms with Gasteiger partial charge in [0.15, 0.2) is 11.5 Å². The summed E-state index contributed by atoms with van der Waals surface area (Å²) in [5.74, 6) is 2.73. The maximum atomic E-state index is 12.7. The minimum Gasteiger partial charge on any atom is -0.493 e. The molecule has 7 nitrogen and oxygen atoms in total. The summed E-state index contributed by atoms with van der Waals surface area (Å²) in [6.07, 6.45) is 1.60. The highest BCUT2D eigenvalue weighted by molar-refractivity contribution is 7.17. The number of hydrogen-bond donors (Lipinski definition) is 1. The normalized spacial score (nSPS) is 11.3. The molecule has 0 aliphatic heterocycles. The zero-order chi connectivity index (χ0) is 21.1. The largest absolute Gasteiger partial charge is 0.493 e. The number of hydrogen-bond acceptors (Lipinski definition) is 7. The molecule has 0 aliphatic rings. The average Bonchev–Trinajstić information content (AvgIpc) is 3.39. The van der Waals surface area contributed by atoms with Crippen LogP contribution in [0.1, 0.15) is 18.3 Å². The third-order valence-electron chi connectivity index (χ3n) is 4.68. The predicted octanol–water partition coefficient (Wildman–Crippen LogP) is 4.28. The van der Waals surface area contributed by atoms with Crippen LogP contribution in [0.2, 0.25) is 0 Å². The Morgan fingerprint density at radius 1 is 1.23 bits per heavy atom. The van der Waals surface area contributed by atoms with Gasteiger partial charge in [-0.15, -0.1) is 11.3 Å². The molecule has 3 heterocycles. The van der Waals surface area contributed by atoms with Crippen molar-refractivity contribution in [2.24, 2.45) is 0 Å². The van der Waals surface area contributed by atoms with Crippen molar-refractivity contribution < 1.29 is 13.9 Å². The molecule has 0 saturated carbocycles. The monoisotopic (exact) mass is 425 g/mol. The molecule has 0 radical (unpaired) electrons. The van der Waals surface area contributed by atoms with Crippen LogP contribution < -0.4 is 15.0 Å². The fourth-order valence-electron chi connectivity index (χ4n) is 3.39. The molecule has 0 unspecified atom stereocenters. The zero-order valence-corrected chi connectivity index (χ0v) is 17.9. The molecule has 3 aromatic heterocycles. The quantitative estimate of drug-likeness (QED) is 0.454. The lowest BCUT2D eigenvalue weighted by atomic mass is 10.2. The van der Waals surface area contributed by atoms with Gasteiger partial charge in [-0.3, -0.25) is 9.69 Å². The van der Waals surface area contributed by atoms with Crippen molar-refractivity contribution >= 4 is 21.6 Å². The summed E-state index contributed by atoms with van der Waals surface area (Å²) in [5, 5.41) is 2.48. The van der Waals surface area contributed by atoms with Gasteiger partial charge in [0.1, 0.15) is 16.4 Å². The molecular weight excluding hydrogens is 402 g/mol. The van der Waals surface area contributed by atoms with Gasteiger partial charge in [0.25, 0.3) is 5.56 Å². The van der Waals surface area contributed by atoms with E-state index in [-0.39, 0.29) is 5.56 Å². The molecule has 0 fully saturated rings. The third-order valence-corrected chi connectivity index (χ3v) is 5.55. The Hall–Kier alpha value is -3.10. The van der Waals surface area contributed by atoms with Gasteiger partial charge < -0.3 is 18.9 Å². The molecule has 30 heavy (non-hydrogen) atoms. The van der Waals surface area contributed by atoms with Gasteiger partial charge in [-0.1, -0.05) is 6.07 Å². The Morgan fingerprint density at radius 2 is 2.10 bits per heavy atom. The molecule has 0 bridgehead atoms. The van der Waals surface area contributed by atoms with E-state index >= 15 is 0 Å². The number of benzene rings is 1. The van der Waals surface area contributed by atoms with E-state index in [1.54, 1.807) is 19.4 Å². The van der Waals surface area contributed by atoms with E-state index in [4.69, 9.17) is 13.9 Å². The number of aromatic amines is 1. The molecule has 156 valence electrons. The zero-order valence-electron chi connectivity index (χ0n) is 17.1. The molecule has 1 N–H and O–H groups in total. The van der Waals surface area contributed by atoms with Crippen LogP contribution in [-0.2, 0) is 13.1 Å². The van der Waals surface area contributed by atoms with Gasteiger partial charge in [0, 0.05) is 17.5 Å². The lowest BCUT2D eigenvalue weighted by Crippen LogP contribution is -2.21. The smallest absolute Gasteiger partial charge is 0.260 e. The molecule has 8 heteroatoms. The van der Waals surface area contributed by atoms with E-state index in [0.29, 0.717) is 47.2 Å². The second kappa shape index (κ2) is 8.73. The van der Waals surface area contributed by atoms with E-state index < -0.39 is 0 Å². The standard InChI is InChI=1S/C22H23N3O4S/c1-4-28-17-8-7-14(10-18(17)27-3)11-25(2)12-19-23-21(26)20-15(13-30-22(20)24-19)16-6-5-9-29-16/h5-10,13H,4,11-12H2,1-3H3,(H,23,24,26). The van der Waals surface area contributed by atoms with Crippen LogP contribution in [0.5, 0.6) is 11.5 Å². The highest BCUT2D eigenvalue weighted by atomic mass is 32.1. The Balaban J connectivity index is 1.52. The summed E-state index contributed by atoms with van der Waals surface area (Å²) < 4.78 is 16.4.